The molecule has 1 aliphatic rings. The van der Waals surface area contributed by atoms with Crippen molar-refractivity contribution in [3.05, 3.63) is 32.9 Å². The third kappa shape index (κ3) is 3.24. The van der Waals surface area contributed by atoms with E-state index >= 15 is 0 Å². The van der Waals surface area contributed by atoms with Crippen molar-refractivity contribution in [1.29, 1.82) is 0 Å². The molecule has 0 radical (unpaired) electrons. The van der Waals surface area contributed by atoms with Crippen molar-refractivity contribution in [3.8, 4) is 0 Å². The van der Waals surface area contributed by atoms with Gasteiger partial charge in [-0.2, -0.15) is 0 Å². The lowest BCUT2D eigenvalue weighted by Crippen LogP contribution is -2.44. The van der Waals surface area contributed by atoms with Gasteiger partial charge in [-0.3, -0.25) is 0 Å². The monoisotopic (exact) mass is 409 g/mol. The summed E-state index contributed by atoms with van der Waals surface area (Å²) in [5, 5.41) is 5.18. The van der Waals surface area contributed by atoms with Crippen molar-refractivity contribution in [2.45, 2.75) is 0 Å². The van der Waals surface area contributed by atoms with E-state index in [-0.39, 0.29) is 12.4 Å². The SMILES string of the molecule is Cl.Clc1cc2cc(I)ccc2nc1N1CCNCC1. The van der Waals surface area contributed by atoms with Crippen LogP contribution in [0.1, 0.15) is 0 Å². The second-order valence-corrected chi connectivity index (χ2v) is 6.02. The van der Waals surface area contributed by atoms with E-state index in [9.17, 15) is 0 Å². The van der Waals surface area contributed by atoms with E-state index in [0.29, 0.717) is 0 Å². The van der Waals surface area contributed by atoms with Crippen LogP contribution >= 0.6 is 46.6 Å². The number of fused-ring (bicyclic) bond motifs is 1. The predicted octanol–water partition coefficient (Wildman–Crippen LogP) is 3.32. The molecule has 0 amide bonds. The Morgan fingerprint density at radius 3 is 2.68 bits per heavy atom. The molecule has 0 aliphatic carbocycles. The normalized spacial score (nSPS) is 15.4. The molecule has 6 heteroatoms. The number of hydrogen-bond donors (Lipinski definition) is 1. The topological polar surface area (TPSA) is 28.2 Å². The summed E-state index contributed by atoms with van der Waals surface area (Å²) in [6.45, 7) is 3.90. The molecule has 3 nitrogen and oxygen atoms in total. The molecule has 0 unspecified atom stereocenters. The Kier molecular flexibility index (Phi) is 5.11. The number of anilines is 1. The fraction of sp³-hybridized carbons (Fsp3) is 0.308. The minimum Gasteiger partial charge on any atom is -0.353 e. The number of rotatable bonds is 1. The molecule has 1 aromatic heterocycles. The van der Waals surface area contributed by atoms with Crippen molar-refractivity contribution in [1.82, 2.24) is 10.3 Å². The standard InChI is InChI=1S/C13H13ClIN3.ClH/c14-11-8-9-7-10(15)1-2-12(9)17-13(11)18-5-3-16-4-6-18;/h1-2,7-8,16H,3-6H2;1H. The molecular formula is C13H14Cl2IN3. The van der Waals surface area contributed by atoms with Crippen LogP contribution in [0, 0.1) is 3.57 Å². The summed E-state index contributed by atoms with van der Waals surface area (Å²) in [5.41, 5.74) is 1.01. The Morgan fingerprint density at radius 1 is 1.21 bits per heavy atom. The lowest BCUT2D eigenvalue weighted by Gasteiger charge is -2.29. The summed E-state index contributed by atoms with van der Waals surface area (Å²) in [5.74, 6) is 0.909. The van der Waals surface area contributed by atoms with Crippen LogP contribution in [0.5, 0.6) is 0 Å². The number of nitrogens with one attached hydrogen (secondary N) is 1. The van der Waals surface area contributed by atoms with Gasteiger partial charge < -0.3 is 10.2 Å². The second kappa shape index (κ2) is 6.43. The van der Waals surface area contributed by atoms with Crippen molar-refractivity contribution < 1.29 is 0 Å². The average Bonchev–Trinajstić information content (AvgIpc) is 2.39. The highest BCUT2D eigenvalue weighted by Crippen LogP contribution is 2.28. The zero-order chi connectivity index (χ0) is 12.5. The Balaban J connectivity index is 0.00000133. The maximum absolute atomic E-state index is 6.36. The molecule has 1 aromatic carbocycles. The van der Waals surface area contributed by atoms with Crippen LogP contribution in [0.25, 0.3) is 10.9 Å². The molecule has 2 heterocycles. The Labute approximate surface area is 137 Å². The van der Waals surface area contributed by atoms with Crippen LogP contribution in [0.15, 0.2) is 24.3 Å². The van der Waals surface area contributed by atoms with Gasteiger partial charge in [-0.25, -0.2) is 4.98 Å². The minimum atomic E-state index is 0. The smallest absolute Gasteiger partial charge is 0.148 e. The highest BCUT2D eigenvalue weighted by Gasteiger charge is 2.15. The molecule has 1 saturated heterocycles. The van der Waals surface area contributed by atoms with Gasteiger partial charge in [-0.1, -0.05) is 11.6 Å². The zero-order valence-electron chi connectivity index (χ0n) is 10.2. The lowest BCUT2D eigenvalue weighted by atomic mass is 10.2. The van der Waals surface area contributed by atoms with Gasteiger partial charge in [0, 0.05) is 35.1 Å². The molecule has 1 N–H and O–H groups in total. The number of nitrogens with zero attached hydrogens (tertiary/aromatic N) is 2. The van der Waals surface area contributed by atoms with E-state index in [1.54, 1.807) is 0 Å². The largest absolute Gasteiger partial charge is 0.353 e. The third-order valence-electron chi connectivity index (χ3n) is 3.13. The molecule has 0 spiro atoms. The number of piperazine rings is 1. The zero-order valence-corrected chi connectivity index (χ0v) is 13.9. The molecule has 1 aliphatic heterocycles. The molecule has 102 valence electrons. The number of pyridine rings is 1. The maximum Gasteiger partial charge on any atom is 0.148 e. The van der Waals surface area contributed by atoms with Crippen LogP contribution < -0.4 is 10.2 Å². The molecule has 0 bridgehead atoms. The van der Waals surface area contributed by atoms with Crippen LogP contribution in [-0.4, -0.2) is 31.2 Å². The third-order valence-corrected chi connectivity index (χ3v) is 4.08. The van der Waals surface area contributed by atoms with E-state index in [4.69, 9.17) is 16.6 Å². The van der Waals surface area contributed by atoms with Gasteiger partial charge in [0.25, 0.3) is 0 Å². The van der Waals surface area contributed by atoms with Crippen LogP contribution in [0.2, 0.25) is 5.02 Å². The summed E-state index contributed by atoms with van der Waals surface area (Å²) in [4.78, 5) is 6.95. The van der Waals surface area contributed by atoms with Crippen molar-refractivity contribution in [3.63, 3.8) is 0 Å². The molecular weight excluding hydrogens is 396 g/mol. The lowest BCUT2D eigenvalue weighted by molar-refractivity contribution is 0.585. The molecule has 2 aromatic rings. The van der Waals surface area contributed by atoms with Crippen LogP contribution in [-0.2, 0) is 0 Å². The molecule has 19 heavy (non-hydrogen) atoms. The van der Waals surface area contributed by atoms with E-state index in [2.05, 4.69) is 51.0 Å². The van der Waals surface area contributed by atoms with Gasteiger partial charge in [0.2, 0.25) is 0 Å². The minimum absolute atomic E-state index is 0. The number of hydrogen-bond acceptors (Lipinski definition) is 3. The predicted molar refractivity (Wildman–Crippen MR) is 91.8 cm³/mol. The highest BCUT2D eigenvalue weighted by molar-refractivity contribution is 14.1. The molecule has 0 saturated carbocycles. The van der Waals surface area contributed by atoms with Crippen molar-refractivity contribution >= 4 is 63.3 Å². The molecule has 1 fully saturated rings. The fourth-order valence-electron chi connectivity index (χ4n) is 2.21. The summed E-state index contributed by atoms with van der Waals surface area (Å²) >= 11 is 8.66. The van der Waals surface area contributed by atoms with Crippen LogP contribution in [0.4, 0.5) is 5.82 Å². The van der Waals surface area contributed by atoms with Gasteiger partial charge in [-0.15, -0.1) is 12.4 Å². The summed E-state index contributed by atoms with van der Waals surface area (Å²) in [6.07, 6.45) is 0. The fourth-order valence-corrected chi connectivity index (χ4v) is 3.00. The first-order valence-corrected chi connectivity index (χ1v) is 7.41. The first-order valence-electron chi connectivity index (χ1n) is 5.95. The Bertz CT molecular complexity index is 585. The van der Waals surface area contributed by atoms with E-state index in [0.717, 1.165) is 47.9 Å². The Hall–Kier alpha value is -0.300. The number of benzene rings is 1. The van der Waals surface area contributed by atoms with Gasteiger partial charge in [-0.05, 0) is 46.9 Å². The van der Waals surface area contributed by atoms with Crippen LogP contribution in [0.3, 0.4) is 0 Å². The van der Waals surface area contributed by atoms with E-state index < -0.39 is 0 Å². The van der Waals surface area contributed by atoms with Gasteiger partial charge in [0.15, 0.2) is 0 Å². The summed E-state index contributed by atoms with van der Waals surface area (Å²) in [6, 6.07) is 8.25. The molecule has 0 atom stereocenters. The first kappa shape index (κ1) is 15.1. The summed E-state index contributed by atoms with van der Waals surface area (Å²) in [7, 11) is 0. The number of aromatic nitrogens is 1. The van der Waals surface area contributed by atoms with E-state index in [1.165, 1.54) is 3.57 Å². The first-order chi connectivity index (χ1) is 8.74. The highest BCUT2D eigenvalue weighted by atomic mass is 127. The van der Waals surface area contributed by atoms with Gasteiger partial charge in [0.1, 0.15) is 5.82 Å². The van der Waals surface area contributed by atoms with Gasteiger partial charge >= 0.3 is 0 Å². The van der Waals surface area contributed by atoms with Gasteiger partial charge in [0.05, 0.1) is 10.5 Å². The Morgan fingerprint density at radius 2 is 1.95 bits per heavy atom. The molecule has 3 rings (SSSR count). The van der Waals surface area contributed by atoms with Crippen molar-refractivity contribution in [2.24, 2.45) is 0 Å². The second-order valence-electron chi connectivity index (χ2n) is 4.37. The van der Waals surface area contributed by atoms with E-state index in [1.807, 2.05) is 6.07 Å². The maximum atomic E-state index is 6.36. The quantitative estimate of drug-likeness (QED) is 0.732. The van der Waals surface area contributed by atoms with Crippen molar-refractivity contribution in [2.75, 3.05) is 31.1 Å². The average molecular weight is 410 g/mol. The summed E-state index contributed by atoms with van der Waals surface area (Å²) < 4.78 is 1.20. The number of halogens is 3.